The van der Waals surface area contributed by atoms with E-state index in [-0.39, 0.29) is 17.0 Å². The summed E-state index contributed by atoms with van der Waals surface area (Å²) in [6.07, 6.45) is -2.01. The van der Waals surface area contributed by atoms with Crippen LogP contribution in [0.4, 0.5) is 22.4 Å². The fraction of sp³-hybridized carbons (Fsp3) is 0.292. The van der Waals surface area contributed by atoms with Gasteiger partial charge in [0.25, 0.3) is 11.1 Å². The lowest BCUT2D eigenvalue weighted by molar-refractivity contribution is -0.138. The predicted octanol–water partition coefficient (Wildman–Crippen LogP) is 4.00. The molecule has 2 saturated heterocycles. The molecule has 1 aromatic heterocycles. The number of aliphatic hydroxyl groups excluding tert-OH is 1. The number of alkyl halides is 3. The molecule has 0 saturated carbocycles. The molecule has 0 unspecified atom stereocenters. The third-order valence-electron chi connectivity index (χ3n) is 6.23. The summed E-state index contributed by atoms with van der Waals surface area (Å²) in [6.45, 7) is 0.715. The smallest absolute Gasteiger partial charge is 0.391 e. The summed E-state index contributed by atoms with van der Waals surface area (Å²) >= 11 is 0.791. The van der Waals surface area contributed by atoms with Crippen molar-refractivity contribution in [3.05, 3.63) is 70.0 Å². The maximum absolute atomic E-state index is 13.4. The average molecular weight is 521 g/mol. The third-order valence-corrected chi connectivity index (χ3v) is 7.11. The van der Waals surface area contributed by atoms with Crippen LogP contribution < -0.4 is 5.32 Å². The molecular formula is C24H20F4N4O3S. The van der Waals surface area contributed by atoms with Crippen LogP contribution in [0.3, 0.4) is 0 Å². The van der Waals surface area contributed by atoms with Crippen LogP contribution in [0.2, 0.25) is 0 Å². The average Bonchev–Trinajstić information content (AvgIpc) is 3.34. The van der Waals surface area contributed by atoms with Crippen molar-refractivity contribution >= 4 is 39.9 Å². The minimum atomic E-state index is -4.71. The second kappa shape index (κ2) is 9.34. The Hall–Kier alpha value is -3.22. The van der Waals surface area contributed by atoms with Gasteiger partial charge in [0, 0.05) is 11.9 Å². The Morgan fingerprint density at radius 1 is 1.19 bits per heavy atom. The SMILES string of the molecule is O=C1S/C(=C\c2ccc3c(cnn3Cc3ccc(F)cc3C(F)(F)F)c2)C(=O)N1[C@@H]1CNCC[C@H]1O. The molecule has 188 valence electrons. The zero-order chi connectivity index (χ0) is 25.6. The van der Waals surface area contributed by atoms with Crippen LogP contribution in [0.1, 0.15) is 23.1 Å². The number of aromatic nitrogens is 2. The monoisotopic (exact) mass is 520 g/mol. The molecule has 0 bridgehead atoms. The highest BCUT2D eigenvalue weighted by atomic mass is 32.2. The number of hydrogen-bond acceptors (Lipinski definition) is 6. The number of rotatable bonds is 4. The number of amides is 2. The third kappa shape index (κ3) is 4.63. The number of piperidine rings is 1. The van der Waals surface area contributed by atoms with Crippen LogP contribution >= 0.6 is 11.8 Å². The van der Waals surface area contributed by atoms with Crippen molar-refractivity contribution in [2.24, 2.45) is 0 Å². The molecule has 2 aliphatic heterocycles. The highest BCUT2D eigenvalue weighted by Crippen LogP contribution is 2.36. The number of nitrogens with zero attached hydrogens (tertiary/aromatic N) is 3. The van der Waals surface area contributed by atoms with Crippen molar-refractivity contribution in [1.29, 1.82) is 0 Å². The summed E-state index contributed by atoms with van der Waals surface area (Å²) in [4.78, 5) is 26.7. The second-order valence-corrected chi connectivity index (χ2v) is 9.59. The number of carbonyl (C=O) groups is 2. The van der Waals surface area contributed by atoms with Gasteiger partial charge in [0.15, 0.2) is 0 Å². The number of hydrogen-bond donors (Lipinski definition) is 2. The molecule has 2 amide bonds. The molecule has 3 aromatic rings. The largest absolute Gasteiger partial charge is 0.416 e. The summed E-state index contributed by atoms with van der Waals surface area (Å²) in [7, 11) is 0. The maximum Gasteiger partial charge on any atom is 0.416 e. The summed E-state index contributed by atoms with van der Waals surface area (Å²) < 4.78 is 54.9. The summed E-state index contributed by atoms with van der Waals surface area (Å²) in [6, 6.07) is 6.93. The summed E-state index contributed by atoms with van der Waals surface area (Å²) in [5.41, 5.74) is -0.0236. The van der Waals surface area contributed by atoms with E-state index in [0.717, 1.165) is 28.8 Å². The first-order valence-electron chi connectivity index (χ1n) is 11.1. The first-order chi connectivity index (χ1) is 17.1. The predicted molar refractivity (Wildman–Crippen MR) is 125 cm³/mol. The Kier molecular flexibility index (Phi) is 6.35. The van der Waals surface area contributed by atoms with Crippen molar-refractivity contribution in [3.63, 3.8) is 0 Å². The molecule has 2 aromatic carbocycles. The topological polar surface area (TPSA) is 87.5 Å². The molecule has 0 radical (unpaired) electrons. The normalized spacial score (nSPS) is 22.2. The second-order valence-electron chi connectivity index (χ2n) is 8.60. The molecule has 2 atom stereocenters. The number of imide groups is 1. The van der Waals surface area contributed by atoms with Crippen LogP contribution in [0.15, 0.2) is 47.5 Å². The fourth-order valence-electron chi connectivity index (χ4n) is 4.44. The van der Waals surface area contributed by atoms with Gasteiger partial charge in [0.05, 0.1) is 40.9 Å². The number of thioether (sulfide) groups is 1. The van der Waals surface area contributed by atoms with Gasteiger partial charge in [0.1, 0.15) is 5.82 Å². The Balaban J connectivity index is 1.40. The lowest BCUT2D eigenvalue weighted by atomic mass is 10.0. The van der Waals surface area contributed by atoms with Gasteiger partial charge in [-0.2, -0.15) is 18.3 Å². The van der Waals surface area contributed by atoms with Crippen molar-refractivity contribution in [2.75, 3.05) is 13.1 Å². The zero-order valence-electron chi connectivity index (χ0n) is 18.6. The molecule has 5 rings (SSSR count). The number of fused-ring (bicyclic) bond motifs is 1. The number of benzene rings is 2. The van der Waals surface area contributed by atoms with Crippen molar-refractivity contribution < 1.29 is 32.3 Å². The summed E-state index contributed by atoms with van der Waals surface area (Å²) in [5.74, 6) is -1.45. The fourth-order valence-corrected chi connectivity index (χ4v) is 5.33. The Bertz CT molecular complexity index is 1390. The van der Waals surface area contributed by atoms with E-state index in [2.05, 4.69) is 10.4 Å². The molecule has 0 spiro atoms. The van der Waals surface area contributed by atoms with Gasteiger partial charge in [-0.3, -0.25) is 19.2 Å². The molecule has 12 heteroatoms. The maximum atomic E-state index is 13.4. The van der Waals surface area contributed by atoms with Crippen molar-refractivity contribution in [2.45, 2.75) is 31.3 Å². The zero-order valence-corrected chi connectivity index (χ0v) is 19.4. The summed E-state index contributed by atoms with van der Waals surface area (Å²) in [5, 5.41) is 17.7. The Labute approximate surface area is 206 Å². The lowest BCUT2D eigenvalue weighted by Crippen LogP contribution is -2.55. The van der Waals surface area contributed by atoms with Crippen LogP contribution in [-0.4, -0.2) is 56.2 Å². The van der Waals surface area contributed by atoms with E-state index < -0.39 is 40.8 Å². The van der Waals surface area contributed by atoms with Gasteiger partial charge in [-0.25, -0.2) is 4.39 Å². The van der Waals surface area contributed by atoms with E-state index in [1.165, 1.54) is 10.9 Å². The standard InChI is InChI=1S/C24H20F4N4O3S/c25-16-3-2-14(17(9-16)24(26,27)28)12-31-18-4-1-13(7-15(18)10-30-31)8-21-22(34)32(23(35)36-21)19-11-29-6-5-20(19)33/h1-4,7-10,19-20,29,33H,5-6,11-12H2/b21-8-/t19-,20-/m1/s1. The van der Waals surface area contributed by atoms with Crippen molar-refractivity contribution in [1.82, 2.24) is 20.0 Å². The van der Waals surface area contributed by atoms with Crippen LogP contribution in [0, 0.1) is 5.82 Å². The minimum absolute atomic E-state index is 0.119. The van der Waals surface area contributed by atoms with E-state index in [1.807, 2.05) is 0 Å². The van der Waals surface area contributed by atoms with Gasteiger partial charge in [-0.05, 0) is 66.2 Å². The molecule has 2 fully saturated rings. The number of halogens is 4. The molecule has 0 aliphatic carbocycles. The van der Waals surface area contributed by atoms with Gasteiger partial charge in [-0.15, -0.1) is 0 Å². The van der Waals surface area contributed by atoms with Gasteiger partial charge in [0.2, 0.25) is 0 Å². The molecular weight excluding hydrogens is 500 g/mol. The first-order valence-corrected chi connectivity index (χ1v) is 11.9. The van der Waals surface area contributed by atoms with Crippen LogP contribution in [-0.2, 0) is 17.5 Å². The van der Waals surface area contributed by atoms with E-state index in [4.69, 9.17) is 0 Å². The van der Waals surface area contributed by atoms with E-state index >= 15 is 0 Å². The Morgan fingerprint density at radius 2 is 2.00 bits per heavy atom. The van der Waals surface area contributed by atoms with Gasteiger partial charge < -0.3 is 10.4 Å². The first kappa shape index (κ1) is 24.5. The number of carbonyl (C=O) groups excluding carboxylic acids is 2. The van der Waals surface area contributed by atoms with Gasteiger partial charge >= 0.3 is 6.18 Å². The van der Waals surface area contributed by atoms with E-state index in [1.54, 1.807) is 24.3 Å². The van der Waals surface area contributed by atoms with E-state index in [0.29, 0.717) is 42.0 Å². The van der Waals surface area contributed by atoms with Gasteiger partial charge in [-0.1, -0.05) is 12.1 Å². The highest BCUT2D eigenvalue weighted by Gasteiger charge is 2.43. The van der Waals surface area contributed by atoms with Crippen molar-refractivity contribution in [3.8, 4) is 0 Å². The molecule has 2 N–H and O–H groups in total. The molecule has 3 heterocycles. The van der Waals surface area contributed by atoms with E-state index in [9.17, 15) is 32.3 Å². The molecule has 36 heavy (non-hydrogen) atoms. The van der Waals surface area contributed by atoms with Crippen LogP contribution in [0.5, 0.6) is 0 Å². The highest BCUT2D eigenvalue weighted by molar-refractivity contribution is 8.18. The molecule has 7 nitrogen and oxygen atoms in total. The minimum Gasteiger partial charge on any atom is -0.391 e. The van der Waals surface area contributed by atoms with Crippen LogP contribution in [0.25, 0.3) is 17.0 Å². The quantitative estimate of drug-likeness (QED) is 0.400. The number of nitrogens with one attached hydrogen (secondary N) is 1. The molecule has 2 aliphatic rings. The number of aliphatic hydroxyl groups is 1. The Morgan fingerprint density at radius 3 is 2.75 bits per heavy atom. The lowest BCUT2D eigenvalue weighted by Gasteiger charge is -2.33.